The van der Waals surface area contributed by atoms with Gasteiger partial charge in [0.1, 0.15) is 10.5 Å². The summed E-state index contributed by atoms with van der Waals surface area (Å²) in [5.41, 5.74) is 1.80. The molecule has 2 rings (SSSR count). The van der Waals surface area contributed by atoms with Gasteiger partial charge in [-0.2, -0.15) is 0 Å². The van der Waals surface area contributed by atoms with Crippen LogP contribution in [0.25, 0.3) is 0 Å². The van der Waals surface area contributed by atoms with E-state index >= 15 is 0 Å². The largest absolute Gasteiger partial charge is 0.493 e. The van der Waals surface area contributed by atoms with Crippen molar-refractivity contribution in [2.24, 2.45) is 0 Å². The van der Waals surface area contributed by atoms with E-state index in [-0.39, 0.29) is 12.2 Å². The molecule has 4 nitrogen and oxygen atoms in total. The lowest BCUT2D eigenvalue weighted by molar-refractivity contribution is -0.120. The fourth-order valence-corrected chi connectivity index (χ4v) is 3.11. The molecule has 0 aliphatic carbocycles. The predicted octanol–water partition coefficient (Wildman–Crippen LogP) is 2.32. The van der Waals surface area contributed by atoms with Gasteiger partial charge in [0.05, 0.1) is 6.61 Å². The standard InChI is InChI=1S/C14H17BrO4S/c1-14(2,20(3,17)18)12(16)8-10-7-11(15)6-9-4-5-19-13(9)10/h6-7H,4-5,8H2,1-3H3. The highest BCUT2D eigenvalue weighted by molar-refractivity contribution is 9.10. The number of Topliss-reactive ketones (excluding diaryl/α,β-unsaturated/α-hetero) is 1. The normalized spacial score (nSPS) is 14.8. The first kappa shape index (κ1) is 15.5. The SMILES string of the molecule is CC(C)(C(=O)Cc1cc(Br)cc2c1OCC2)S(C)(=O)=O. The molecule has 0 N–H and O–H groups in total. The van der Waals surface area contributed by atoms with Crippen molar-refractivity contribution in [3.63, 3.8) is 0 Å². The van der Waals surface area contributed by atoms with Crippen LogP contribution in [0.4, 0.5) is 0 Å². The number of rotatable bonds is 4. The van der Waals surface area contributed by atoms with E-state index in [0.717, 1.165) is 34.0 Å². The minimum absolute atomic E-state index is 0.0574. The number of ether oxygens (including phenoxy) is 1. The van der Waals surface area contributed by atoms with E-state index in [2.05, 4.69) is 15.9 Å². The van der Waals surface area contributed by atoms with Crippen molar-refractivity contribution in [2.45, 2.75) is 31.4 Å². The summed E-state index contributed by atoms with van der Waals surface area (Å²) in [7, 11) is -3.45. The highest BCUT2D eigenvalue weighted by Crippen LogP contribution is 2.34. The third kappa shape index (κ3) is 2.76. The summed E-state index contributed by atoms with van der Waals surface area (Å²) >= 11 is 3.41. The molecule has 0 atom stereocenters. The summed E-state index contributed by atoms with van der Waals surface area (Å²) in [5.74, 6) is 0.404. The summed E-state index contributed by atoms with van der Waals surface area (Å²) in [6, 6.07) is 3.79. The topological polar surface area (TPSA) is 60.4 Å². The van der Waals surface area contributed by atoms with Gasteiger partial charge in [-0.25, -0.2) is 8.42 Å². The summed E-state index contributed by atoms with van der Waals surface area (Å²) in [5, 5.41) is 0. The number of hydrogen-bond donors (Lipinski definition) is 0. The van der Waals surface area contributed by atoms with Gasteiger partial charge in [0.25, 0.3) is 0 Å². The van der Waals surface area contributed by atoms with E-state index in [0.29, 0.717) is 6.61 Å². The lowest BCUT2D eigenvalue weighted by atomic mass is 9.98. The maximum absolute atomic E-state index is 12.3. The number of carbonyl (C=O) groups excluding carboxylic acids is 1. The first-order valence-corrected chi connectivity index (χ1v) is 8.98. The van der Waals surface area contributed by atoms with Gasteiger partial charge < -0.3 is 4.74 Å². The van der Waals surface area contributed by atoms with E-state index in [4.69, 9.17) is 4.74 Å². The van der Waals surface area contributed by atoms with E-state index in [1.807, 2.05) is 12.1 Å². The zero-order valence-corrected chi connectivity index (χ0v) is 14.1. The van der Waals surface area contributed by atoms with Gasteiger partial charge in [0, 0.05) is 29.1 Å². The van der Waals surface area contributed by atoms with Gasteiger partial charge >= 0.3 is 0 Å². The van der Waals surface area contributed by atoms with Crippen molar-refractivity contribution in [1.29, 1.82) is 0 Å². The number of fused-ring (bicyclic) bond motifs is 1. The van der Waals surface area contributed by atoms with Gasteiger partial charge in [-0.15, -0.1) is 0 Å². The Labute approximate surface area is 127 Å². The molecule has 20 heavy (non-hydrogen) atoms. The molecule has 0 radical (unpaired) electrons. The van der Waals surface area contributed by atoms with Crippen molar-refractivity contribution in [1.82, 2.24) is 0 Å². The molecule has 0 spiro atoms. The molecule has 0 fully saturated rings. The van der Waals surface area contributed by atoms with Crippen LogP contribution in [0.15, 0.2) is 16.6 Å². The number of hydrogen-bond acceptors (Lipinski definition) is 4. The third-order valence-electron chi connectivity index (χ3n) is 3.77. The van der Waals surface area contributed by atoms with Crippen LogP contribution in [0.5, 0.6) is 5.75 Å². The van der Waals surface area contributed by atoms with Gasteiger partial charge in [-0.3, -0.25) is 4.79 Å². The number of carbonyl (C=O) groups is 1. The smallest absolute Gasteiger partial charge is 0.159 e. The molecular formula is C14H17BrO4S. The third-order valence-corrected chi connectivity index (χ3v) is 6.31. The minimum atomic E-state index is -3.45. The molecule has 0 saturated carbocycles. The van der Waals surface area contributed by atoms with Crippen LogP contribution in [0.3, 0.4) is 0 Å². The van der Waals surface area contributed by atoms with Crippen molar-refractivity contribution in [2.75, 3.05) is 12.9 Å². The number of sulfone groups is 1. The van der Waals surface area contributed by atoms with Gasteiger partial charge in [-0.1, -0.05) is 15.9 Å². The molecule has 1 aliphatic rings. The first-order chi connectivity index (χ1) is 9.13. The van der Waals surface area contributed by atoms with E-state index < -0.39 is 14.6 Å². The molecule has 0 unspecified atom stereocenters. The number of halogens is 1. The molecule has 6 heteroatoms. The van der Waals surface area contributed by atoms with Crippen LogP contribution in [-0.4, -0.2) is 31.8 Å². The van der Waals surface area contributed by atoms with Crippen LogP contribution in [0.2, 0.25) is 0 Å². The van der Waals surface area contributed by atoms with E-state index in [9.17, 15) is 13.2 Å². The van der Waals surface area contributed by atoms with Gasteiger partial charge in [0.15, 0.2) is 15.6 Å². The zero-order chi connectivity index (χ0) is 15.1. The van der Waals surface area contributed by atoms with Crippen molar-refractivity contribution in [3.8, 4) is 5.75 Å². The summed E-state index contributed by atoms with van der Waals surface area (Å²) in [4.78, 5) is 12.3. The van der Waals surface area contributed by atoms with Crippen molar-refractivity contribution < 1.29 is 17.9 Å². The molecule has 1 aliphatic heterocycles. The Morgan fingerprint density at radius 3 is 2.65 bits per heavy atom. The average Bonchev–Trinajstić information content (AvgIpc) is 2.75. The Kier molecular flexibility index (Phi) is 3.99. The van der Waals surface area contributed by atoms with Gasteiger partial charge in [0.2, 0.25) is 0 Å². The molecule has 1 aromatic carbocycles. The van der Waals surface area contributed by atoms with Crippen molar-refractivity contribution in [3.05, 3.63) is 27.7 Å². The fourth-order valence-electron chi connectivity index (χ4n) is 2.07. The Morgan fingerprint density at radius 2 is 2.05 bits per heavy atom. The second-order valence-corrected chi connectivity index (χ2v) is 9.01. The maximum Gasteiger partial charge on any atom is 0.159 e. The monoisotopic (exact) mass is 360 g/mol. The summed E-state index contributed by atoms with van der Waals surface area (Å²) < 4.78 is 28.5. The Morgan fingerprint density at radius 1 is 1.40 bits per heavy atom. The minimum Gasteiger partial charge on any atom is -0.493 e. The van der Waals surface area contributed by atoms with E-state index in [1.165, 1.54) is 13.8 Å². The second kappa shape index (κ2) is 5.15. The molecule has 0 amide bonds. The fraction of sp³-hybridized carbons (Fsp3) is 0.500. The lowest BCUT2D eigenvalue weighted by Crippen LogP contribution is -2.41. The van der Waals surface area contributed by atoms with Crippen LogP contribution < -0.4 is 4.74 Å². The van der Waals surface area contributed by atoms with E-state index in [1.54, 1.807) is 0 Å². The van der Waals surface area contributed by atoms with Crippen LogP contribution in [0.1, 0.15) is 25.0 Å². The quantitative estimate of drug-likeness (QED) is 0.826. The zero-order valence-electron chi connectivity index (χ0n) is 11.7. The van der Waals surface area contributed by atoms with Crippen LogP contribution in [0, 0.1) is 0 Å². The second-order valence-electron chi connectivity index (χ2n) is 5.53. The Bertz CT molecular complexity index is 662. The molecule has 110 valence electrons. The first-order valence-electron chi connectivity index (χ1n) is 6.30. The highest BCUT2D eigenvalue weighted by atomic mass is 79.9. The number of ketones is 1. The maximum atomic E-state index is 12.3. The number of benzene rings is 1. The van der Waals surface area contributed by atoms with Crippen LogP contribution >= 0.6 is 15.9 Å². The molecule has 0 bridgehead atoms. The van der Waals surface area contributed by atoms with Crippen LogP contribution in [-0.2, 0) is 27.5 Å². The highest BCUT2D eigenvalue weighted by Gasteiger charge is 2.38. The summed E-state index contributed by atoms with van der Waals surface area (Å²) in [6.07, 6.45) is 1.96. The molecule has 0 saturated heterocycles. The van der Waals surface area contributed by atoms with Crippen molar-refractivity contribution >= 4 is 31.6 Å². The molecule has 1 aromatic rings. The molecule has 1 heterocycles. The average molecular weight is 361 g/mol. The lowest BCUT2D eigenvalue weighted by Gasteiger charge is -2.21. The summed E-state index contributed by atoms with van der Waals surface area (Å²) in [6.45, 7) is 3.50. The molecular weight excluding hydrogens is 344 g/mol. The predicted molar refractivity (Wildman–Crippen MR) is 81.0 cm³/mol. The van der Waals surface area contributed by atoms with Gasteiger partial charge in [-0.05, 0) is 31.5 Å². The molecule has 0 aromatic heterocycles. The Balaban J connectivity index is 2.35. The Hall–Kier alpha value is -0.880.